The van der Waals surface area contributed by atoms with E-state index in [-0.39, 0.29) is 5.91 Å². The molecule has 1 N–H and O–H groups in total. The molecule has 0 aromatic heterocycles. The molecule has 0 spiro atoms. The zero-order chi connectivity index (χ0) is 10.9. The smallest absolute Gasteiger partial charge is 0.236 e. The minimum Gasteiger partial charge on any atom is -0.385 e. The van der Waals surface area contributed by atoms with Crippen molar-refractivity contribution < 1.29 is 14.3 Å². The second-order valence-corrected chi connectivity index (χ2v) is 3.52. The molecule has 1 aliphatic heterocycles. The predicted molar refractivity (Wildman–Crippen MR) is 56.8 cm³/mol. The molecule has 0 atom stereocenters. The highest BCUT2D eigenvalue weighted by atomic mass is 16.5. The number of ether oxygens (including phenoxy) is 2. The Balaban J connectivity index is 1.96. The maximum atomic E-state index is 11.3. The summed E-state index contributed by atoms with van der Waals surface area (Å²) in [6.45, 7) is 4.89. The van der Waals surface area contributed by atoms with Crippen molar-refractivity contribution in [3.8, 4) is 0 Å². The molecule has 1 rings (SSSR count). The molecule has 0 saturated carbocycles. The Morgan fingerprint density at radius 2 is 2.27 bits per heavy atom. The summed E-state index contributed by atoms with van der Waals surface area (Å²) in [5, 5.41) is 3.03. The molecule has 1 amide bonds. The van der Waals surface area contributed by atoms with E-state index in [2.05, 4.69) is 5.32 Å². The Hall–Kier alpha value is -0.650. The Bertz CT molecular complexity index is 188. The summed E-state index contributed by atoms with van der Waals surface area (Å²) in [6, 6.07) is 0. The molecule has 88 valence electrons. The number of rotatable bonds is 7. The normalized spacial score (nSPS) is 17.1. The van der Waals surface area contributed by atoms with Gasteiger partial charge in [0.05, 0.1) is 13.2 Å². The summed E-state index contributed by atoms with van der Waals surface area (Å²) >= 11 is 0. The van der Waals surface area contributed by atoms with Gasteiger partial charge in [0.15, 0.2) is 0 Å². The van der Waals surface area contributed by atoms with Gasteiger partial charge < -0.3 is 19.7 Å². The van der Waals surface area contributed by atoms with Crippen LogP contribution in [-0.2, 0) is 14.3 Å². The molecule has 1 saturated heterocycles. The van der Waals surface area contributed by atoms with Crippen LogP contribution in [0.4, 0.5) is 0 Å². The standard InChI is InChI=1S/C10H20N2O3/c1-14-6-2-7-15-8-5-12-4-3-11-9-10(12)13/h11H,2-9H2,1H3. The molecule has 0 aliphatic carbocycles. The van der Waals surface area contributed by atoms with Crippen LogP contribution in [-0.4, -0.2) is 63.9 Å². The number of carbonyl (C=O) groups is 1. The zero-order valence-corrected chi connectivity index (χ0v) is 9.33. The highest BCUT2D eigenvalue weighted by molar-refractivity contribution is 5.78. The van der Waals surface area contributed by atoms with Crippen LogP contribution in [0, 0.1) is 0 Å². The van der Waals surface area contributed by atoms with Crippen LogP contribution in [0.25, 0.3) is 0 Å². The van der Waals surface area contributed by atoms with Gasteiger partial charge in [-0.05, 0) is 6.42 Å². The van der Waals surface area contributed by atoms with E-state index in [0.29, 0.717) is 26.3 Å². The van der Waals surface area contributed by atoms with Crippen LogP contribution in [0.15, 0.2) is 0 Å². The third kappa shape index (κ3) is 5.11. The Morgan fingerprint density at radius 3 is 3.00 bits per heavy atom. The highest BCUT2D eigenvalue weighted by Gasteiger charge is 2.16. The number of piperazine rings is 1. The van der Waals surface area contributed by atoms with Gasteiger partial charge in [-0.15, -0.1) is 0 Å². The number of carbonyl (C=O) groups excluding carboxylic acids is 1. The molecule has 5 heteroatoms. The summed E-state index contributed by atoms with van der Waals surface area (Å²) in [6.07, 6.45) is 0.909. The fourth-order valence-electron chi connectivity index (χ4n) is 1.46. The summed E-state index contributed by atoms with van der Waals surface area (Å²) in [5.74, 6) is 0.168. The molecular weight excluding hydrogens is 196 g/mol. The summed E-state index contributed by atoms with van der Waals surface area (Å²) in [7, 11) is 1.68. The maximum Gasteiger partial charge on any atom is 0.236 e. The summed E-state index contributed by atoms with van der Waals surface area (Å²) in [5.41, 5.74) is 0. The summed E-state index contributed by atoms with van der Waals surface area (Å²) in [4.78, 5) is 13.2. The lowest BCUT2D eigenvalue weighted by atomic mass is 10.3. The van der Waals surface area contributed by atoms with E-state index in [9.17, 15) is 4.79 Å². The van der Waals surface area contributed by atoms with Crippen molar-refractivity contribution in [1.29, 1.82) is 0 Å². The van der Waals surface area contributed by atoms with Gasteiger partial charge in [0, 0.05) is 40.0 Å². The van der Waals surface area contributed by atoms with Gasteiger partial charge >= 0.3 is 0 Å². The molecule has 15 heavy (non-hydrogen) atoms. The SMILES string of the molecule is COCCCOCCN1CCNCC1=O. The summed E-state index contributed by atoms with van der Waals surface area (Å²) < 4.78 is 10.3. The number of amides is 1. The van der Waals surface area contributed by atoms with E-state index in [1.807, 2.05) is 4.90 Å². The van der Waals surface area contributed by atoms with E-state index >= 15 is 0 Å². The van der Waals surface area contributed by atoms with E-state index in [4.69, 9.17) is 9.47 Å². The first-order valence-corrected chi connectivity index (χ1v) is 5.40. The fraction of sp³-hybridized carbons (Fsp3) is 0.900. The predicted octanol–water partition coefficient (Wildman–Crippen LogP) is -0.529. The first-order valence-electron chi connectivity index (χ1n) is 5.40. The van der Waals surface area contributed by atoms with Crippen LogP contribution in [0.1, 0.15) is 6.42 Å². The van der Waals surface area contributed by atoms with Gasteiger partial charge in [-0.2, -0.15) is 0 Å². The van der Waals surface area contributed by atoms with Crippen molar-refractivity contribution in [2.75, 3.05) is 53.1 Å². The minimum atomic E-state index is 0.168. The van der Waals surface area contributed by atoms with E-state index in [1.54, 1.807) is 7.11 Å². The molecule has 0 bridgehead atoms. The Kier molecular flexibility index (Phi) is 6.31. The van der Waals surface area contributed by atoms with Crippen molar-refractivity contribution in [2.45, 2.75) is 6.42 Å². The quantitative estimate of drug-likeness (QED) is 0.581. The molecule has 0 radical (unpaired) electrons. The number of hydrogen-bond donors (Lipinski definition) is 1. The molecule has 0 unspecified atom stereocenters. The fourth-order valence-corrected chi connectivity index (χ4v) is 1.46. The second-order valence-electron chi connectivity index (χ2n) is 3.52. The van der Waals surface area contributed by atoms with Gasteiger partial charge in [0.2, 0.25) is 5.91 Å². The van der Waals surface area contributed by atoms with Gasteiger partial charge in [0.1, 0.15) is 0 Å². The number of nitrogens with one attached hydrogen (secondary N) is 1. The number of nitrogens with zero attached hydrogens (tertiary/aromatic N) is 1. The zero-order valence-electron chi connectivity index (χ0n) is 9.33. The highest BCUT2D eigenvalue weighted by Crippen LogP contribution is 1.94. The number of hydrogen-bond acceptors (Lipinski definition) is 4. The van der Waals surface area contributed by atoms with Gasteiger partial charge in [0.25, 0.3) is 0 Å². The van der Waals surface area contributed by atoms with E-state index < -0.39 is 0 Å². The molecule has 0 aromatic rings. The van der Waals surface area contributed by atoms with Crippen molar-refractivity contribution in [1.82, 2.24) is 10.2 Å². The molecule has 1 fully saturated rings. The molecular formula is C10H20N2O3. The lowest BCUT2D eigenvalue weighted by molar-refractivity contribution is -0.132. The lowest BCUT2D eigenvalue weighted by Crippen LogP contribution is -2.49. The second kappa shape index (κ2) is 7.62. The molecule has 1 heterocycles. The van der Waals surface area contributed by atoms with Crippen LogP contribution in [0.3, 0.4) is 0 Å². The topological polar surface area (TPSA) is 50.8 Å². The van der Waals surface area contributed by atoms with Crippen molar-refractivity contribution >= 4 is 5.91 Å². The third-order valence-electron chi connectivity index (χ3n) is 2.33. The van der Waals surface area contributed by atoms with Gasteiger partial charge in [-0.25, -0.2) is 0 Å². The first kappa shape index (κ1) is 12.4. The molecule has 5 nitrogen and oxygen atoms in total. The van der Waals surface area contributed by atoms with E-state index in [1.165, 1.54) is 0 Å². The van der Waals surface area contributed by atoms with Crippen molar-refractivity contribution in [3.05, 3.63) is 0 Å². The molecule has 0 aromatic carbocycles. The lowest BCUT2D eigenvalue weighted by Gasteiger charge is -2.27. The average molecular weight is 216 g/mol. The van der Waals surface area contributed by atoms with Crippen molar-refractivity contribution in [3.63, 3.8) is 0 Å². The Morgan fingerprint density at radius 1 is 1.40 bits per heavy atom. The van der Waals surface area contributed by atoms with Gasteiger partial charge in [-0.3, -0.25) is 4.79 Å². The third-order valence-corrected chi connectivity index (χ3v) is 2.33. The van der Waals surface area contributed by atoms with Crippen molar-refractivity contribution in [2.24, 2.45) is 0 Å². The first-order chi connectivity index (χ1) is 7.34. The number of methoxy groups -OCH3 is 1. The maximum absolute atomic E-state index is 11.3. The monoisotopic (exact) mass is 216 g/mol. The van der Waals surface area contributed by atoms with Crippen LogP contribution in [0.2, 0.25) is 0 Å². The van der Waals surface area contributed by atoms with Crippen LogP contribution < -0.4 is 5.32 Å². The van der Waals surface area contributed by atoms with Crippen LogP contribution >= 0.6 is 0 Å². The molecule has 1 aliphatic rings. The van der Waals surface area contributed by atoms with Gasteiger partial charge in [-0.1, -0.05) is 0 Å². The Labute approximate surface area is 90.7 Å². The minimum absolute atomic E-state index is 0.168. The largest absolute Gasteiger partial charge is 0.385 e. The average Bonchev–Trinajstić information content (AvgIpc) is 2.25. The van der Waals surface area contributed by atoms with E-state index in [0.717, 1.165) is 26.1 Å². The van der Waals surface area contributed by atoms with Crippen LogP contribution in [0.5, 0.6) is 0 Å².